The Bertz CT molecular complexity index is 966. The van der Waals surface area contributed by atoms with Gasteiger partial charge in [-0.05, 0) is 62.1 Å². The summed E-state index contributed by atoms with van der Waals surface area (Å²) in [6, 6.07) is 7.24. The van der Waals surface area contributed by atoms with Crippen LogP contribution in [0.3, 0.4) is 0 Å². The SMILES string of the molecule is CCCN(C(=O)CCCCn1ccc(=O)c(O)c1CC)[C@H]1CCc2c(O)cccc2C1. The Labute approximate surface area is 184 Å². The van der Waals surface area contributed by atoms with E-state index in [1.165, 1.54) is 6.07 Å². The highest BCUT2D eigenvalue weighted by atomic mass is 16.3. The fourth-order valence-corrected chi connectivity index (χ4v) is 4.67. The number of nitrogens with zero attached hydrogens (tertiary/aromatic N) is 2. The summed E-state index contributed by atoms with van der Waals surface area (Å²) in [4.78, 5) is 26.7. The van der Waals surface area contributed by atoms with E-state index in [0.29, 0.717) is 30.8 Å². The smallest absolute Gasteiger partial charge is 0.223 e. The Hall–Kier alpha value is -2.76. The van der Waals surface area contributed by atoms with Crippen LogP contribution in [0, 0.1) is 0 Å². The minimum atomic E-state index is -0.346. The van der Waals surface area contributed by atoms with Crippen molar-refractivity contribution < 1.29 is 15.0 Å². The van der Waals surface area contributed by atoms with Crippen molar-refractivity contribution in [3.63, 3.8) is 0 Å². The third-order valence-electron chi connectivity index (χ3n) is 6.29. The number of aromatic nitrogens is 1. The number of phenols is 1. The molecule has 2 N–H and O–H groups in total. The van der Waals surface area contributed by atoms with Crippen LogP contribution in [0.4, 0.5) is 0 Å². The summed E-state index contributed by atoms with van der Waals surface area (Å²) >= 11 is 0. The van der Waals surface area contributed by atoms with Crippen LogP contribution < -0.4 is 5.43 Å². The molecular formula is C25H34N2O4. The van der Waals surface area contributed by atoms with Crippen molar-refractivity contribution in [2.24, 2.45) is 0 Å². The van der Waals surface area contributed by atoms with Gasteiger partial charge in [-0.25, -0.2) is 0 Å². The Morgan fingerprint density at radius 1 is 1.19 bits per heavy atom. The number of rotatable bonds is 9. The van der Waals surface area contributed by atoms with E-state index in [1.54, 1.807) is 12.3 Å². The lowest BCUT2D eigenvalue weighted by molar-refractivity contribution is -0.134. The lowest BCUT2D eigenvalue weighted by Gasteiger charge is -2.35. The van der Waals surface area contributed by atoms with Gasteiger partial charge in [-0.1, -0.05) is 26.0 Å². The Morgan fingerprint density at radius 3 is 2.74 bits per heavy atom. The molecule has 1 aromatic heterocycles. The maximum absolute atomic E-state index is 13.0. The number of hydrogen-bond acceptors (Lipinski definition) is 4. The number of pyridine rings is 1. The minimum absolute atomic E-state index is 0.168. The molecule has 0 saturated carbocycles. The van der Waals surface area contributed by atoms with Gasteiger partial charge in [-0.2, -0.15) is 0 Å². The molecule has 0 aliphatic heterocycles. The van der Waals surface area contributed by atoms with E-state index in [-0.39, 0.29) is 23.1 Å². The average Bonchev–Trinajstić information content (AvgIpc) is 2.77. The van der Waals surface area contributed by atoms with E-state index >= 15 is 0 Å². The molecule has 0 radical (unpaired) electrons. The van der Waals surface area contributed by atoms with Crippen molar-refractivity contribution in [1.29, 1.82) is 0 Å². The van der Waals surface area contributed by atoms with Gasteiger partial charge >= 0.3 is 0 Å². The number of amides is 1. The molecule has 2 aromatic rings. The summed E-state index contributed by atoms with van der Waals surface area (Å²) in [5, 5.41) is 20.1. The van der Waals surface area contributed by atoms with Gasteiger partial charge in [0.1, 0.15) is 5.75 Å². The normalized spacial score (nSPS) is 15.5. The zero-order valence-corrected chi connectivity index (χ0v) is 18.6. The lowest BCUT2D eigenvalue weighted by atomic mass is 9.86. The van der Waals surface area contributed by atoms with Gasteiger partial charge in [0.05, 0.1) is 5.69 Å². The summed E-state index contributed by atoms with van der Waals surface area (Å²) in [6.45, 7) is 5.44. The van der Waals surface area contributed by atoms with Crippen molar-refractivity contribution in [3.8, 4) is 11.5 Å². The van der Waals surface area contributed by atoms with Gasteiger partial charge in [0, 0.05) is 37.8 Å². The van der Waals surface area contributed by atoms with Crippen LogP contribution in [0.25, 0.3) is 0 Å². The Balaban J connectivity index is 1.57. The highest BCUT2D eigenvalue weighted by Gasteiger charge is 2.28. The molecule has 1 heterocycles. The molecule has 168 valence electrons. The second-order valence-electron chi connectivity index (χ2n) is 8.38. The predicted octanol–water partition coefficient (Wildman–Crippen LogP) is 3.79. The highest BCUT2D eigenvalue weighted by molar-refractivity contribution is 5.76. The van der Waals surface area contributed by atoms with Crippen LogP contribution in [0.1, 0.15) is 62.8 Å². The maximum atomic E-state index is 13.0. The molecule has 6 nitrogen and oxygen atoms in total. The number of hydrogen-bond donors (Lipinski definition) is 2. The number of benzene rings is 1. The van der Waals surface area contributed by atoms with E-state index < -0.39 is 0 Å². The standard InChI is InChI=1S/C25H34N2O4/c1-3-14-27(19-11-12-20-18(17-19)8-7-9-22(20)28)24(30)10-5-6-15-26-16-13-23(29)25(31)21(26)4-2/h7-9,13,16,19,28,31H,3-6,10-12,14-15,17H2,1-2H3/t19-/m0/s1. The van der Waals surface area contributed by atoms with Gasteiger partial charge in [0.2, 0.25) is 11.3 Å². The van der Waals surface area contributed by atoms with Gasteiger partial charge in [-0.15, -0.1) is 0 Å². The first-order chi connectivity index (χ1) is 15.0. The van der Waals surface area contributed by atoms with E-state index in [0.717, 1.165) is 56.2 Å². The predicted molar refractivity (Wildman–Crippen MR) is 122 cm³/mol. The van der Waals surface area contributed by atoms with Crippen molar-refractivity contribution in [3.05, 3.63) is 57.5 Å². The number of carbonyl (C=O) groups excluding carboxylic acids is 1. The first-order valence-corrected chi connectivity index (χ1v) is 11.5. The highest BCUT2D eigenvalue weighted by Crippen LogP contribution is 2.31. The summed E-state index contributed by atoms with van der Waals surface area (Å²) in [5.74, 6) is 0.386. The molecule has 0 bridgehead atoms. The van der Waals surface area contributed by atoms with E-state index in [4.69, 9.17) is 0 Å². The molecule has 31 heavy (non-hydrogen) atoms. The quantitative estimate of drug-likeness (QED) is 0.598. The lowest BCUT2D eigenvalue weighted by Crippen LogP contribution is -2.43. The average molecular weight is 427 g/mol. The third kappa shape index (κ3) is 5.30. The monoisotopic (exact) mass is 426 g/mol. The van der Waals surface area contributed by atoms with Gasteiger partial charge in [0.15, 0.2) is 5.75 Å². The van der Waals surface area contributed by atoms with E-state index in [2.05, 4.69) is 13.0 Å². The molecule has 6 heteroatoms. The first kappa shape index (κ1) is 22.9. The summed E-state index contributed by atoms with van der Waals surface area (Å²) in [6.07, 6.45) is 7.78. The first-order valence-electron chi connectivity index (χ1n) is 11.5. The van der Waals surface area contributed by atoms with Gasteiger partial charge < -0.3 is 19.7 Å². The number of unbranched alkanes of at least 4 members (excludes halogenated alkanes) is 1. The number of aryl methyl sites for hydroxylation is 1. The van der Waals surface area contributed by atoms with Crippen LogP contribution in [0.5, 0.6) is 11.5 Å². The van der Waals surface area contributed by atoms with Crippen LogP contribution in [0.15, 0.2) is 35.3 Å². The molecular weight excluding hydrogens is 392 g/mol. The molecule has 0 unspecified atom stereocenters. The van der Waals surface area contributed by atoms with Crippen LogP contribution >= 0.6 is 0 Å². The fourth-order valence-electron chi connectivity index (χ4n) is 4.67. The van der Waals surface area contributed by atoms with Crippen molar-refractivity contribution in [2.45, 2.75) is 77.8 Å². The minimum Gasteiger partial charge on any atom is -0.508 e. The second kappa shape index (κ2) is 10.5. The zero-order chi connectivity index (χ0) is 22.4. The van der Waals surface area contributed by atoms with Crippen LogP contribution in [-0.2, 0) is 30.6 Å². The van der Waals surface area contributed by atoms with Crippen molar-refractivity contribution in [1.82, 2.24) is 9.47 Å². The van der Waals surface area contributed by atoms with Gasteiger partial charge in [0.25, 0.3) is 0 Å². The van der Waals surface area contributed by atoms with Gasteiger partial charge in [-0.3, -0.25) is 9.59 Å². The van der Waals surface area contributed by atoms with Crippen LogP contribution in [0.2, 0.25) is 0 Å². The second-order valence-corrected chi connectivity index (χ2v) is 8.38. The topological polar surface area (TPSA) is 82.8 Å². The molecule has 0 fully saturated rings. The number of carbonyl (C=O) groups is 1. The maximum Gasteiger partial charge on any atom is 0.223 e. The number of fused-ring (bicyclic) bond motifs is 1. The van der Waals surface area contributed by atoms with Crippen LogP contribution in [-0.4, -0.2) is 38.2 Å². The molecule has 1 atom stereocenters. The molecule has 0 spiro atoms. The van der Waals surface area contributed by atoms with Crippen molar-refractivity contribution in [2.75, 3.05) is 6.54 Å². The summed E-state index contributed by atoms with van der Waals surface area (Å²) in [7, 11) is 0. The van der Waals surface area contributed by atoms with Crippen molar-refractivity contribution >= 4 is 5.91 Å². The summed E-state index contributed by atoms with van der Waals surface area (Å²) < 4.78 is 1.91. The number of aromatic hydroxyl groups is 2. The largest absolute Gasteiger partial charge is 0.508 e. The number of phenolic OH excluding ortho intramolecular Hbond substituents is 1. The van der Waals surface area contributed by atoms with E-state index in [1.807, 2.05) is 22.5 Å². The Morgan fingerprint density at radius 2 is 2.00 bits per heavy atom. The molecule has 1 aromatic carbocycles. The molecule has 1 aliphatic carbocycles. The zero-order valence-electron chi connectivity index (χ0n) is 18.6. The molecule has 0 saturated heterocycles. The Kier molecular flexibility index (Phi) is 7.77. The molecule has 3 rings (SSSR count). The fraction of sp³-hybridized carbons (Fsp3) is 0.520. The molecule has 1 aliphatic rings. The van der Waals surface area contributed by atoms with E-state index in [9.17, 15) is 19.8 Å². The molecule has 1 amide bonds. The summed E-state index contributed by atoms with van der Waals surface area (Å²) in [5.41, 5.74) is 2.48. The third-order valence-corrected chi connectivity index (χ3v) is 6.29.